The van der Waals surface area contributed by atoms with Crippen LogP contribution in [0.4, 0.5) is 0 Å². The van der Waals surface area contributed by atoms with Crippen molar-refractivity contribution in [1.82, 2.24) is 5.06 Å². The van der Waals surface area contributed by atoms with Gasteiger partial charge in [0.25, 0.3) is 0 Å². The van der Waals surface area contributed by atoms with Crippen molar-refractivity contribution in [2.75, 3.05) is 0 Å². The van der Waals surface area contributed by atoms with E-state index in [-0.39, 0.29) is 0 Å². The van der Waals surface area contributed by atoms with Crippen molar-refractivity contribution in [3.8, 4) is 0 Å². The monoisotopic (exact) mass is 248 g/mol. The molecule has 0 aliphatic carbocycles. The topological polar surface area (TPSA) is 49.5 Å². The van der Waals surface area contributed by atoms with Crippen molar-refractivity contribution < 1.29 is 9.95 Å². The Kier molecular flexibility index (Phi) is 2.95. The molecule has 0 bridgehead atoms. The molecular formula is C14H20N2O2. The highest BCUT2D eigenvalue weighted by Gasteiger charge is 2.58. The van der Waals surface area contributed by atoms with Gasteiger partial charge in [0.2, 0.25) is 11.4 Å². The van der Waals surface area contributed by atoms with Gasteiger partial charge in [-0.25, -0.2) is 0 Å². The molecule has 2 rings (SSSR count). The van der Waals surface area contributed by atoms with Gasteiger partial charge in [0.1, 0.15) is 5.54 Å². The minimum Gasteiger partial charge on any atom is -0.622 e. The van der Waals surface area contributed by atoms with Crippen molar-refractivity contribution in [3.63, 3.8) is 0 Å². The molecule has 18 heavy (non-hydrogen) atoms. The maximum Gasteiger partial charge on any atom is 0.248 e. The molecule has 98 valence electrons. The Morgan fingerprint density at radius 1 is 1.22 bits per heavy atom. The summed E-state index contributed by atoms with van der Waals surface area (Å²) in [5, 5.41) is 24.1. The standard InChI is InChI=1S/C14H20N2O2/c1-5-14(4)15(17)12(13(2,3)16(14)18)11-9-7-6-8-10-11/h6-10,18H,5H2,1-4H3/t14-/m1/s1. The molecule has 0 radical (unpaired) electrons. The van der Waals surface area contributed by atoms with Crippen LogP contribution >= 0.6 is 0 Å². The van der Waals surface area contributed by atoms with E-state index in [1.165, 1.54) is 5.06 Å². The van der Waals surface area contributed by atoms with Gasteiger partial charge in [0.05, 0.1) is 0 Å². The second-order valence-electron chi connectivity index (χ2n) is 5.45. The van der Waals surface area contributed by atoms with Crippen LogP contribution in [0, 0.1) is 5.21 Å². The predicted molar refractivity (Wildman–Crippen MR) is 70.6 cm³/mol. The fourth-order valence-corrected chi connectivity index (χ4v) is 2.64. The second kappa shape index (κ2) is 4.07. The van der Waals surface area contributed by atoms with Gasteiger partial charge in [-0.3, -0.25) is 0 Å². The average molecular weight is 248 g/mol. The van der Waals surface area contributed by atoms with E-state index in [1.54, 1.807) is 6.92 Å². The molecule has 0 aromatic heterocycles. The number of rotatable bonds is 2. The summed E-state index contributed by atoms with van der Waals surface area (Å²) < 4.78 is 0.947. The molecule has 1 N–H and O–H groups in total. The molecule has 1 aliphatic heterocycles. The van der Waals surface area contributed by atoms with E-state index in [4.69, 9.17) is 0 Å². The summed E-state index contributed by atoms with van der Waals surface area (Å²) in [4.78, 5) is 0. The van der Waals surface area contributed by atoms with E-state index >= 15 is 0 Å². The molecule has 4 heteroatoms. The van der Waals surface area contributed by atoms with Crippen molar-refractivity contribution in [3.05, 3.63) is 41.1 Å². The van der Waals surface area contributed by atoms with Crippen LogP contribution in [0.1, 0.15) is 39.7 Å². The van der Waals surface area contributed by atoms with Gasteiger partial charge in [-0.2, -0.15) is 4.74 Å². The Bertz CT molecular complexity index is 482. The number of benzene rings is 1. The Hall–Kier alpha value is -1.39. The smallest absolute Gasteiger partial charge is 0.248 e. The SMILES string of the molecule is CC[C@@]1(C)N(O)C(C)(C)C(c2ccccc2)=[N+]1[O-]. The fourth-order valence-electron chi connectivity index (χ4n) is 2.64. The lowest BCUT2D eigenvalue weighted by Gasteiger charge is -2.32. The first-order chi connectivity index (χ1) is 8.35. The normalized spacial score (nSPS) is 27.8. The quantitative estimate of drug-likeness (QED) is 0.646. The molecule has 0 fully saturated rings. The second-order valence-corrected chi connectivity index (χ2v) is 5.45. The summed E-state index contributed by atoms with van der Waals surface area (Å²) in [5.41, 5.74) is -0.147. The minimum atomic E-state index is -0.908. The first-order valence-electron chi connectivity index (χ1n) is 6.25. The zero-order chi connectivity index (χ0) is 13.6. The van der Waals surface area contributed by atoms with Crippen LogP contribution in [-0.2, 0) is 0 Å². The van der Waals surface area contributed by atoms with E-state index in [0.29, 0.717) is 12.1 Å². The molecule has 1 atom stereocenters. The summed E-state index contributed by atoms with van der Waals surface area (Å²) in [6.07, 6.45) is 0.548. The highest BCUT2D eigenvalue weighted by molar-refractivity contribution is 6.04. The minimum absolute atomic E-state index is 0.548. The average Bonchev–Trinajstić information content (AvgIpc) is 2.50. The van der Waals surface area contributed by atoms with Crippen molar-refractivity contribution in [1.29, 1.82) is 0 Å². The van der Waals surface area contributed by atoms with Crippen molar-refractivity contribution in [2.45, 2.75) is 45.3 Å². The molecule has 1 aliphatic rings. The van der Waals surface area contributed by atoms with E-state index in [1.807, 2.05) is 51.1 Å². The lowest BCUT2D eigenvalue weighted by atomic mass is 9.92. The summed E-state index contributed by atoms with van der Waals surface area (Å²) in [5.74, 6) is 0. The lowest BCUT2D eigenvalue weighted by molar-refractivity contribution is -0.586. The molecule has 0 unspecified atom stereocenters. The summed E-state index contributed by atoms with van der Waals surface area (Å²) in [7, 11) is 0. The lowest BCUT2D eigenvalue weighted by Crippen LogP contribution is -2.52. The Morgan fingerprint density at radius 3 is 2.22 bits per heavy atom. The molecule has 4 nitrogen and oxygen atoms in total. The Morgan fingerprint density at radius 2 is 1.78 bits per heavy atom. The molecule has 0 amide bonds. The van der Waals surface area contributed by atoms with Crippen molar-refractivity contribution in [2.24, 2.45) is 0 Å². The van der Waals surface area contributed by atoms with Gasteiger partial charge in [-0.05, 0) is 26.0 Å². The number of nitrogens with zero attached hydrogens (tertiary/aromatic N) is 2. The zero-order valence-corrected chi connectivity index (χ0v) is 11.3. The number of hydroxylamine groups is 3. The van der Waals surface area contributed by atoms with Crippen LogP contribution in [0.5, 0.6) is 0 Å². The molecule has 1 aromatic rings. The summed E-state index contributed by atoms with van der Waals surface area (Å²) in [6.45, 7) is 7.39. The molecule has 1 heterocycles. The Labute approximate surface area is 108 Å². The third-order valence-electron chi connectivity index (χ3n) is 3.92. The maximum atomic E-state index is 12.6. The third kappa shape index (κ3) is 1.56. The number of hydrogen-bond donors (Lipinski definition) is 1. The van der Waals surface area contributed by atoms with Crippen LogP contribution in [0.25, 0.3) is 0 Å². The molecule has 0 saturated heterocycles. The zero-order valence-electron chi connectivity index (χ0n) is 11.3. The molecule has 0 saturated carbocycles. The fraction of sp³-hybridized carbons (Fsp3) is 0.500. The number of hydrogen-bond acceptors (Lipinski definition) is 3. The third-order valence-corrected chi connectivity index (χ3v) is 3.92. The van der Waals surface area contributed by atoms with Gasteiger partial charge in [0.15, 0.2) is 0 Å². The molecule has 1 aromatic carbocycles. The highest BCUT2D eigenvalue weighted by atomic mass is 16.6. The van der Waals surface area contributed by atoms with Crippen LogP contribution in [0.3, 0.4) is 0 Å². The summed E-state index contributed by atoms with van der Waals surface area (Å²) >= 11 is 0. The molecular weight excluding hydrogens is 228 g/mol. The van der Waals surface area contributed by atoms with Gasteiger partial charge in [0, 0.05) is 18.9 Å². The van der Waals surface area contributed by atoms with E-state index in [0.717, 1.165) is 10.3 Å². The van der Waals surface area contributed by atoms with Crippen LogP contribution in [0.2, 0.25) is 0 Å². The first kappa shape index (κ1) is 13.1. The van der Waals surface area contributed by atoms with E-state index in [2.05, 4.69) is 0 Å². The summed E-state index contributed by atoms with van der Waals surface area (Å²) in [6, 6.07) is 9.51. The van der Waals surface area contributed by atoms with Gasteiger partial charge < -0.3 is 10.4 Å². The molecule has 0 spiro atoms. The first-order valence-corrected chi connectivity index (χ1v) is 6.25. The van der Waals surface area contributed by atoms with Gasteiger partial charge in [-0.1, -0.05) is 25.1 Å². The van der Waals surface area contributed by atoms with E-state index in [9.17, 15) is 10.4 Å². The van der Waals surface area contributed by atoms with E-state index < -0.39 is 11.2 Å². The largest absolute Gasteiger partial charge is 0.622 e. The van der Waals surface area contributed by atoms with Gasteiger partial charge >= 0.3 is 0 Å². The maximum absolute atomic E-state index is 12.6. The van der Waals surface area contributed by atoms with Crippen LogP contribution in [0.15, 0.2) is 30.3 Å². The van der Waals surface area contributed by atoms with Crippen LogP contribution in [-0.4, -0.2) is 31.9 Å². The predicted octanol–water partition coefficient (Wildman–Crippen LogP) is 2.60. The Balaban J connectivity index is 2.64. The van der Waals surface area contributed by atoms with Crippen LogP contribution < -0.4 is 0 Å². The van der Waals surface area contributed by atoms with Gasteiger partial charge in [-0.15, -0.1) is 5.06 Å². The highest BCUT2D eigenvalue weighted by Crippen LogP contribution is 2.36. The van der Waals surface area contributed by atoms with Crippen molar-refractivity contribution >= 4 is 5.71 Å².